The van der Waals surface area contributed by atoms with Crippen molar-refractivity contribution < 1.29 is 14.3 Å². The summed E-state index contributed by atoms with van der Waals surface area (Å²) in [5.41, 5.74) is 0.0269. The van der Waals surface area contributed by atoms with E-state index in [0.717, 1.165) is 24.2 Å². The van der Waals surface area contributed by atoms with Crippen molar-refractivity contribution in [3.63, 3.8) is 0 Å². The quantitative estimate of drug-likeness (QED) is 0.480. The van der Waals surface area contributed by atoms with Crippen LogP contribution in [0, 0.1) is 34.5 Å². The Morgan fingerprint density at radius 2 is 1.44 bits per heavy atom. The Morgan fingerprint density at radius 1 is 0.960 bits per heavy atom. The van der Waals surface area contributed by atoms with Crippen molar-refractivity contribution in [1.82, 2.24) is 0 Å². The van der Waals surface area contributed by atoms with Gasteiger partial charge in [-0.05, 0) is 73.5 Å². The highest BCUT2D eigenvalue weighted by atomic mass is 16.7. The van der Waals surface area contributed by atoms with Gasteiger partial charge in [0.2, 0.25) is 0 Å². The molecule has 3 heteroatoms. The summed E-state index contributed by atoms with van der Waals surface area (Å²) in [6.45, 7) is 13.1. The number of rotatable bonds is 5. The fourth-order valence-corrected chi connectivity index (χ4v) is 5.88. The highest BCUT2D eigenvalue weighted by Crippen LogP contribution is 2.57. The number of hydrogen-bond donors (Lipinski definition) is 0. The molecule has 0 radical (unpaired) electrons. The van der Waals surface area contributed by atoms with Crippen molar-refractivity contribution in [2.45, 2.75) is 92.1 Å². The van der Waals surface area contributed by atoms with Crippen LogP contribution in [0.4, 0.5) is 0 Å². The minimum atomic E-state index is -0.0922. The Bertz CT molecular complexity index is 459. The minimum absolute atomic E-state index is 0.0102. The third-order valence-electron chi connectivity index (χ3n) is 6.69. The molecule has 4 aliphatic carbocycles. The molecule has 0 N–H and O–H groups in total. The highest BCUT2D eigenvalue weighted by molar-refractivity contribution is 5.73. The van der Waals surface area contributed by atoms with Gasteiger partial charge in [0, 0.05) is 0 Å². The molecule has 4 bridgehead atoms. The molecule has 4 fully saturated rings. The van der Waals surface area contributed by atoms with Crippen LogP contribution in [0.15, 0.2) is 0 Å². The molecule has 0 aromatic rings. The lowest BCUT2D eigenvalue weighted by Crippen LogP contribution is -2.52. The van der Waals surface area contributed by atoms with Crippen molar-refractivity contribution in [3.8, 4) is 0 Å². The van der Waals surface area contributed by atoms with Gasteiger partial charge >= 0.3 is 5.97 Å². The standard InChI is InChI=1S/C22H38O3/c1-20(2,3)13-18(21(4,5)6)19(23)24-14-25-22-10-15-7-16(11-22)9-17(8-15)12-22/h15-18H,7-14H2,1-6H3. The summed E-state index contributed by atoms with van der Waals surface area (Å²) in [7, 11) is 0. The molecule has 0 spiro atoms. The lowest BCUT2D eigenvalue weighted by molar-refractivity contribution is -0.214. The fourth-order valence-electron chi connectivity index (χ4n) is 5.88. The van der Waals surface area contributed by atoms with E-state index in [1.54, 1.807) is 0 Å². The second-order valence-corrected chi connectivity index (χ2v) is 11.5. The second-order valence-electron chi connectivity index (χ2n) is 11.5. The molecule has 0 aromatic heterocycles. The predicted molar refractivity (Wildman–Crippen MR) is 100.0 cm³/mol. The first-order valence-electron chi connectivity index (χ1n) is 10.3. The van der Waals surface area contributed by atoms with Crippen molar-refractivity contribution in [2.24, 2.45) is 34.5 Å². The van der Waals surface area contributed by atoms with Gasteiger partial charge in [-0.25, -0.2) is 0 Å². The number of ether oxygens (including phenoxy) is 2. The summed E-state index contributed by atoms with van der Waals surface area (Å²) in [5.74, 6) is 2.38. The number of carbonyl (C=O) groups excluding carboxylic acids is 1. The topological polar surface area (TPSA) is 35.5 Å². The van der Waals surface area contributed by atoms with Gasteiger partial charge in [-0.2, -0.15) is 0 Å². The zero-order valence-electron chi connectivity index (χ0n) is 17.2. The van der Waals surface area contributed by atoms with Crippen LogP contribution >= 0.6 is 0 Å². The normalized spacial score (nSPS) is 35.7. The predicted octanol–water partition coefficient (Wildman–Crippen LogP) is 5.57. The molecule has 4 saturated carbocycles. The largest absolute Gasteiger partial charge is 0.438 e. The maximum atomic E-state index is 12.8. The molecular formula is C22H38O3. The van der Waals surface area contributed by atoms with Gasteiger partial charge in [0.15, 0.2) is 6.79 Å². The van der Waals surface area contributed by atoms with E-state index < -0.39 is 0 Å². The van der Waals surface area contributed by atoms with Crippen LogP contribution in [-0.4, -0.2) is 18.4 Å². The van der Waals surface area contributed by atoms with E-state index in [-0.39, 0.29) is 35.1 Å². The molecule has 0 aliphatic heterocycles. The van der Waals surface area contributed by atoms with Crippen molar-refractivity contribution in [1.29, 1.82) is 0 Å². The smallest absolute Gasteiger partial charge is 0.311 e. The zero-order valence-corrected chi connectivity index (χ0v) is 17.2. The van der Waals surface area contributed by atoms with Gasteiger partial charge in [-0.3, -0.25) is 4.79 Å². The molecule has 3 nitrogen and oxygen atoms in total. The summed E-state index contributed by atoms with van der Waals surface area (Å²) in [6, 6.07) is 0. The van der Waals surface area contributed by atoms with E-state index >= 15 is 0 Å². The molecule has 0 saturated heterocycles. The van der Waals surface area contributed by atoms with Crippen LogP contribution in [0.25, 0.3) is 0 Å². The molecule has 144 valence electrons. The molecular weight excluding hydrogens is 312 g/mol. The van der Waals surface area contributed by atoms with E-state index in [9.17, 15) is 4.79 Å². The Morgan fingerprint density at radius 3 is 1.84 bits per heavy atom. The van der Waals surface area contributed by atoms with E-state index in [0.29, 0.717) is 0 Å². The summed E-state index contributed by atoms with van der Waals surface area (Å²) in [6.07, 6.45) is 8.59. The Hall–Kier alpha value is -0.570. The molecule has 0 amide bonds. The van der Waals surface area contributed by atoms with Crippen LogP contribution in [0.3, 0.4) is 0 Å². The van der Waals surface area contributed by atoms with Crippen LogP contribution < -0.4 is 0 Å². The van der Waals surface area contributed by atoms with Crippen LogP contribution in [-0.2, 0) is 14.3 Å². The molecule has 4 rings (SSSR count). The SMILES string of the molecule is CC(C)(C)CC(C(=O)OCOC12CC3CC(CC(C3)C1)C2)C(C)(C)C. The zero-order chi connectivity index (χ0) is 18.5. The van der Waals surface area contributed by atoms with E-state index in [2.05, 4.69) is 41.5 Å². The van der Waals surface area contributed by atoms with Gasteiger partial charge in [-0.1, -0.05) is 41.5 Å². The average Bonchev–Trinajstić information content (AvgIpc) is 2.40. The van der Waals surface area contributed by atoms with Gasteiger partial charge in [-0.15, -0.1) is 0 Å². The summed E-state index contributed by atoms with van der Waals surface area (Å²) < 4.78 is 11.9. The molecule has 4 aliphatic rings. The fraction of sp³-hybridized carbons (Fsp3) is 0.955. The summed E-state index contributed by atoms with van der Waals surface area (Å²) >= 11 is 0. The van der Waals surface area contributed by atoms with Gasteiger partial charge in [0.05, 0.1) is 11.5 Å². The van der Waals surface area contributed by atoms with Gasteiger partial charge in [0.1, 0.15) is 0 Å². The molecule has 0 aromatic carbocycles. The molecule has 25 heavy (non-hydrogen) atoms. The van der Waals surface area contributed by atoms with E-state index in [1.165, 1.54) is 38.5 Å². The first-order valence-corrected chi connectivity index (χ1v) is 10.3. The monoisotopic (exact) mass is 350 g/mol. The van der Waals surface area contributed by atoms with Crippen molar-refractivity contribution in [3.05, 3.63) is 0 Å². The Labute approximate surface area is 154 Å². The Kier molecular flexibility index (Phi) is 5.03. The van der Waals surface area contributed by atoms with Crippen LogP contribution in [0.2, 0.25) is 0 Å². The van der Waals surface area contributed by atoms with E-state index in [1.807, 2.05) is 0 Å². The highest BCUT2D eigenvalue weighted by Gasteiger charge is 2.52. The average molecular weight is 351 g/mol. The third kappa shape index (κ3) is 4.59. The van der Waals surface area contributed by atoms with Crippen LogP contribution in [0.5, 0.6) is 0 Å². The van der Waals surface area contributed by atoms with Gasteiger partial charge in [0.25, 0.3) is 0 Å². The third-order valence-corrected chi connectivity index (χ3v) is 6.69. The lowest BCUT2D eigenvalue weighted by Gasteiger charge is -2.56. The molecule has 1 atom stereocenters. The van der Waals surface area contributed by atoms with E-state index in [4.69, 9.17) is 9.47 Å². The molecule has 0 heterocycles. The lowest BCUT2D eigenvalue weighted by atomic mass is 9.54. The van der Waals surface area contributed by atoms with Crippen LogP contribution in [0.1, 0.15) is 86.5 Å². The molecule has 1 unspecified atom stereocenters. The van der Waals surface area contributed by atoms with Crippen molar-refractivity contribution in [2.75, 3.05) is 6.79 Å². The Balaban J connectivity index is 1.55. The number of carbonyl (C=O) groups is 1. The summed E-state index contributed by atoms with van der Waals surface area (Å²) in [4.78, 5) is 12.8. The minimum Gasteiger partial charge on any atom is -0.438 e. The first kappa shape index (κ1) is 19.2. The number of esters is 1. The van der Waals surface area contributed by atoms with Gasteiger partial charge < -0.3 is 9.47 Å². The second kappa shape index (κ2) is 6.55. The van der Waals surface area contributed by atoms with Crippen molar-refractivity contribution >= 4 is 5.97 Å². The summed E-state index contributed by atoms with van der Waals surface area (Å²) in [5, 5.41) is 0. The maximum absolute atomic E-state index is 12.8. The maximum Gasteiger partial charge on any atom is 0.311 e. The number of hydrogen-bond acceptors (Lipinski definition) is 3. The first-order chi connectivity index (χ1) is 11.5.